The number of allylic oxidation sites excluding steroid dienone is 1. The largest absolute Gasteiger partial charge is 0.376 e. The Balaban J connectivity index is 1.27. The van der Waals surface area contributed by atoms with Crippen LogP contribution in [0.25, 0.3) is 6.08 Å². The molecule has 1 nitrogen and oxygen atoms in total. The summed E-state index contributed by atoms with van der Waals surface area (Å²) < 4.78 is 5.72. The first-order chi connectivity index (χ1) is 17.3. The minimum absolute atomic E-state index is 0.706. The molecule has 0 heterocycles. The van der Waals surface area contributed by atoms with E-state index in [-0.39, 0.29) is 0 Å². The molecule has 0 aliphatic rings. The van der Waals surface area contributed by atoms with Crippen LogP contribution in [0.5, 0.6) is 0 Å². The first-order valence-electron chi connectivity index (χ1n) is 13.3. The molecule has 0 saturated carbocycles. The molecule has 0 bridgehead atoms. The lowest BCUT2D eigenvalue weighted by Gasteiger charge is -2.07. The monoisotopic (exact) mass is 466 g/mol. The van der Waals surface area contributed by atoms with Crippen LogP contribution in [0.4, 0.5) is 0 Å². The highest BCUT2D eigenvalue weighted by Gasteiger charge is 2.00. The third-order valence-corrected chi connectivity index (χ3v) is 6.56. The highest BCUT2D eigenvalue weighted by molar-refractivity contribution is 5.47. The number of aryl methyl sites for hydroxylation is 4. The zero-order chi connectivity index (χ0) is 24.6. The van der Waals surface area contributed by atoms with E-state index in [4.69, 9.17) is 4.74 Å². The van der Waals surface area contributed by atoms with Crippen LogP contribution in [-0.4, -0.2) is 6.61 Å². The number of hydrogen-bond acceptors (Lipinski definition) is 1. The van der Waals surface area contributed by atoms with Gasteiger partial charge in [0.25, 0.3) is 0 Å². The minimum Gasteiger partial charge on any atom is -0.376 e. The Labute approximate surface area is 213 Å². The second-order valence-electron chi connectivity index (χ2n) is 9.40. The molecular weight excluding hydrogens is 424 g/mol. The van der Waals surface area contributed by atoms with Gasteiger partial charge in [-0.3, -0.25) is 0 Å². The molecule has 35 heavy (non-hydrogen) atoms. The molecular formula is C34H42O. The summed E-state index contributed by atoms with van der Waals surface area (Å²) in [5, 5.41) is 0. The van der Waals surface area contributed by atoms with Crippen molar-refractivity contribution in [2.24, 2.45) is 0 Å². The molecule has 0 unspecified atom stereocenters. The quantitative estimate of drug-likeness (QED) is 0.151. The third-order valence-electron chi connectivity index (χ3n) is 6.56. The van der Waals surface area contributed by atoms with Crippen molar-refractivity contribution in [2.45, 2.75) is 71.3 Å². The number of ether oxygens (including phenoxy) is 1. The van der Waals surface area contributed by atoms with Crippen LogP contribution in [0.3, 0.4) is 0 Å². The lowest BCUT2D eigenvalue weighted by atomic mass is 10.00. The van der Waals surface area contributed by atoms with Crippen LogP contribution in [0.2, 0.25) is 0 Å². The summed E-state index contributed by atoms with van der Waals surface area (Å²) in [6.07, 6.45) is 16.7. The first-order valence-corrected chi connectivity index (χ1v) is 13.3. The Morgan fingerprint density at radius 3 is 1.40 bits per heavy atom. The van der Waals surface area contributed by atoms with Gasteiger partial charge in [0.2, 0.25) is 0 Å². The number of rotatable bonds is 16. The molecule has 0 aliphatic carbocycles. The van der Waals surface area contributed by atoms with Crippen molar-refractivity contribution < 1.29 is 4.74 Å². The highest BCUT2D eigenvalue weighted by Crippen LogP contribution is 2.15. The summed E-state index contributed by atoms with van der Waals surface area (Å²) in [6.45, 7) is 7.36. The third kappa shape index (κ3) is 10.5. The normalized spacial score (nSPS) is 11.2. The lowest BCUT2D eigenvalue weighted by molar-refractivity contribution is 0.125. The van der Waals surface area contributed by atoms with Crippen LogP contribution in [0.15, 0.2) is 91.5 Å². The maximum Gasteiger partial charge on any atom is 0.0717 e. The summed E-state index contributed by atoms with van der Waals surface area (Å²) in [4.78, 5) is 0. The van der Waals surface area contributed by atoms with Crippen LogP contribution in [0.1, 0.15) is 72.4 Å². The van der Waals surface area contributed by atoms with E-state index in [1.54, 1.807) is 0 Å². The van der Waals surface area contributed by atoms with E-state index in [2.05, 4.69) is 91.5 Å². The molecule has 0 atom stereocenters. The summed E-state index contributed by atoms with van der Waals surface area (Å²) >= 11 is 0. The zero-order valence-corrected chi connectivity index (χ0v) is 21.6. The Morgan fingerprint density at radius 2 is 1.00 bits per heavy atom. The van der Waals surface area contributed by atoms with E-state index in [0.717, 1.165) is 25.9 Å². The molecule has 0 aliphatic heterocycles. The molecule has 1 heteroatoms. The lowest BCUT2D eigenvalue weighted by Crippen LogP contribution is -1.95. The van der Waals surface area contributed by atoms with Gasteiger partial charge >= 0.3 is 0 Å². The molecule has 0 N–H and O–H groups in total. The van der Waals surface area contributed by atoms with Crippen molar-refractivity contribution in [3.8, 4) is 0 Å². The van der Waals surface area contributed by atoms with Gasteiger partial charge in [0.05, 0.1) is 13.2 Å². The molecule has 3 rings (SSSR count). The molecule has 3 aromatic carbocycles. The van der Waals surface area contributed by atoms with Crippen molar-refractivity contribution in [1.29, 1.82) is 0 Å². The summed E-state index contributed by atoms with van der Waals surface area (Å²) in [5.41, 5.74) is 8.22. The maximum absolute atomic E-state index is 5.72. The fourth-order valence-electron chi connectivity index (χ4n) is 4.32. The Kier molecular flexibility index (Phi) is 12.1. The molecule has 0 fully saturated rings. The van der Waals surface area contributed by atoms with Crippen LogP contribution >= 0.6 is 0 Å². The maximum atomic E-state index is 5.72. The predicted molar refractivity (Wildman–Crippen MR) is 152 cm³/mol. The predicted octanol–water partition coefficient (Wildman–Crippen LogP) is 8.94. The highest BCUT2D eigenvalue weighted by atomic mass is 16.5. The summed E-state index contributed by atoms with van der Waals surface area (Å²) in [5.74, 6) is 0. The van der Waals surface area contributed by atoms with Crippen molar-refractivity contribution in [2.75, 3.05) is 6.61 Å². The average Bonchev–Trinajstić information content (AvgIpc) is 2.91. The second kappa shape index (κ2) is 15.9. The van der Waals surface area contributed by atoms with Gasteiger partial charge in [0.15, 0.2) is 0 Å². The fourth-order valence-corrected chi connectivity index (χ4v) is 4.32. The Bertz CT molecular complexity index is 994. The standard InChI is InChI=1S/C34H42O/c1-3-5-10-27-35-28-34-25-23-33(24-26-34)14-9-8-13-32-21-19-31(20-22-32)12-7-6-11-30-17-15-29(4-2)16-18-30/h3-5,15-26H,2,6-14,27-28H2,1H3. The van der Waals surface area contributed by atoms with Crippen molar-refractivity contribution in [1.82, 2.24) is 0 Å². The van der Waals surface area contributed by atoms with E-state index < -0.39 is 0 Å². The average molecular weight is 467 g/mol. The summed E-state index contributed by atoms with van der Waals surface area (Å²) in [6, 6.07) is 27.0. The Hall–Kier alpha value is -2.90. The van der Waals surface area contributed by atoms with Crippen molar-refractivity contribution in [3.05, 3.63) is 125 Å². The minimum atomic E-state index is 0.706. The van der Waals surface area contributed by atoms with E-state index >= 15 is 0 Å². The van der Waals surface area contributed by atoms with E-state index in [0.29, 0.717) is 6.61 Å². The zero-order valence-electron chi connectivity index (χ0n) is 21.6. The number of benzene rings is 3. The first kappa shape index (κ1) is 26.7. The molecule has 0 radical (unpaired) electrons. The van der Waals surface area contributed by atoms with Gasteiger partial charge in [-0.1, -0.05) is 97.6 Å². The van der Waals surface area contributed by atoms with Gasteiger partial charge in [-0.05, 0) is 98.1 Å². The van der Waals surface area contributed by atoms with Crippen LogP contribution in [-0.2, 0) is 37.0 Å². The summed E-state index contributed by atoms with van der Waals surface area (Å²) in [7, 11) is 0. The van der Waals surface area contributed by atoms with Crippen LogP contribution in [0, 0.1) is 0 Å². The van der Waals surface area contributed by atoms with Gasteiger partial charge in [0.1, 0.15) is 0 Å². The van der Waals surface area contributed by atoms with Gasteiger partial charge in [-0.2, -0.15) is 0 Å². The van der Waals surface area contributed by atoms with Crippen molar-refractivity contribution in [3.63, 3.8) is 0 Å². The van der Waals surface area contributed by atoms with Gasteiger partial charge in [-0.25, -0.2) is 0 Å². The molecule has 184 valence electrons. The van der Waals surface area contributed by atoms with Gasteiger partial charge in [-0.15, -0.1) is 0 Å². The van der Waals surface area contributed by atoms with Gasteiger partial charge in [0, 0.05) is 0 Å². The molecule has 0 amide bonds. The smallest absolute Gasteiger partial charge is 0.0717 e. The van der Waals surface area contributed by atoms with E-state index in [9.17, 15) is 0 Å². The SMILES string of the molecule is C=Cc1ccc(CCCCc2ccc(CCCCc3ccc(COCCC=CC)cc3)cc2)cc1. The topological polar surface area (TPSA) is 9.23 Å². The molecule has 0 saturated heterocycles. The molecule has 3 aromatic rings. The Morgan fingerprint density at radius 1 is 0.600 bits per heavy atom. The van der Waals surface area contributed by atoms with Gasteiger partial charge < -0.3 is 4.74 Å². The fraction of sp³-hybridized carbons (Fsp3) is 0.353. The van der Waals surface area contributed by atoms with Crippen molar-refractivity contribution >= 4 is 6.08 Å². The van der Waals surface area contributed by atoms with Crippen LogP contribution < -0.4 is 0 Å². The number of hydrogen-bond donors (Lipinski definition) is 0. The second-order valence-corrected chi connectivity index (χ2v) is 9.40. The molecule has 0 aromatic heterocycles. The molecule has 0 spiro atoms. The van der Waals surface area contributed by atoms with E-state index in [1.165, 1.54) is 71.9 Å². The van der Waals surface area contributed by atoms with E-state index in [1.807, 2.05) is 13.0 Å². The number of unbranched alkanes of at least 4 members (excludes halogenated alkanes) is 2.